The van der Waals surface area contributed by atoms with Gasteiger partial charge < -0.3 is 15.0 Å². The van der Waals surface area contributed by atoms with E-state index < -0.39 is 0 Å². The third-order valence-corrected chi connectivity index (χ3v) is 3.54. The Hall–Kier alpha value is -1.26. The lowest BCUT2D eigenvalue weighted by Crippen LogP contribution is -2.33. The van der Waals surface area contributed by atoms with E-state index in [-0.39, 0.29) is 5.91 Å². The molecule has 0 spiro atoms. The van der Waals surface area contributed by atoms with Crippen molar-refractivity contribution >= 4 is 17.5 Å². The van der Waals surface area contributed by atoms with Crippen molar-refractivity contribution in [1.82, 2.24) is 10.2 Å². The molecular formula is C15H21ClN2O2. The van der Waals surface area contributed by atoms with Gasteiger partial charge in [0.05, 0.1) is 6.54 Å². The number of likely N-dealkylation sites (N-methyl/N-ethyl adjacent to an activating group) is 1. The molecule has 1 fully saturated rings. The van der Waals surface area contributed by atoms with Gasteiger partial charge in [-0.15, -0.1) is 0 Å². The fourth-order valence-electron chi connectivity index (χ4n) is 1.82. The lowest BCUT2D eigenvalue weighted by Gasteiger charge is -2.17. The summed E-state index contributed by atoms with van der Waals surface area (Å²) < 4.78 is 5.57. The second-order valence-electron chi connectivity index (χ2n) is 5.10. The zero-order chi connectivity index (χ0) is 14.4. The van der Waals surface area contributed by atoms with E-state index in [9.17, 15) is 4.79 Å². The summed E-state index contributed by atoms with van der Waals surface area (Å²) >= 11 is 5.80. The number of nitrogens with zero attached hydrogens (tertiary/aromatic N) is 1. The number of amides is 1. The minimum Gasteiger partial charge on any atom is -0.492 e. The van der Waals surface area contributed by atoms with E-state index in [4.69, 9.17) is 16.3 Å². The number of benzene rings is 1. The predicted octanol–water partition coefficient (Wildman–Crippen LogP) is 2.32. The number of carbonyl (C=O) groups excluding carboxylic acids is 1. The van der Waals surface area contributed by atoms with Crippen molar-refractivity contribution in [1.29, 1.82) is 0 Å². The molecule has 0 radical (unpaired) electrons. The van der Waals surface area contributed by atoms with Crippen LogP contribution in [-0.2, 0) is 4.79 Å². The monoisotopic (exact) mass is 296 g/mol. The number of nitrogens with one attached hydrogen (secondary N) is 1. The van der Waals surface area contributed by atoms with Crippen LogP contribution in [0.2, 0.25) is 5.02 Å². The molecule has 0 aromatic heterocycles. The van der Waals surface area contributed by atoms with Gasteiger partial charge in [-0.3, -0.25) is 4.79 Å². The van der Waals surface area contributed by atoms with Crippen molar-refractivity contribution < 1.29 is 9.53 Å². The molecule has 1 amide bonds. The Morgan fingerprint density at radius 1 is 1.40 bits per heavy atom. The van der Waals surface area contributed by atoms with E-state index >= 15 is 0 Å². The summed E-state index contributed by atoms with van der Waals surface area (Å²) in [6.45, 7) is 1.84. The Morgan fingerprint density at radius 3 is 2.75 bits per heavy atom. The topological polar surface area (TPSA) is 41.6 Å². The van der Waals surface area contributed by atoms with Gasteiger partial charge in [0.2, 0.25) is 5.91 Å². The Balaban J connectivity index is 1.59. The van der Waals surface area contributed by atoms with E-state index in [1.54, 1.807) is 17.0 Å². The van der Waals surface area contributed by atoms with Gasteiger partial charge in [0.25, 0.3) is 0 Å². The molecule has 0 aliphatic heterocycles. The fraction of sp³-hybridized carbons (Fsp3) is 0.533. The van der Waals surface area contributed by atoms with Crippen molar-refractivity contribution in [2.75, 3.05) is 26.7 Å². The average Bonchev–Trinajstić information content (AvgIpc) is 3.25. The molecule has 0 atom stereocenters. The number of hydrogen-bond donors (Lipinski definition) is 1. The summed E-state index contributed by atoms with van der Waals surface area (Å²) in [5, 5.41) is 4.03. The second kappa shape index (κ2) is 7.50. The third-order valence-electron chi connectivity index (χ3n) is 3.28. The molecule has 4 nitrogen and oxygen atoms in total. The van der Waals surface area contributed by atoms with Crippen LogP contribution in [0.1, 0.15) is 19.3 Å². The van der Waals surface area contributed by atoms with E-state index in [1.165, 1.54) is 12.8 Å². The Bertz CT molecular complexity index is 432. The first-order valence-corrected chi connectivity index (χ1v) is 7.38. The first-order chi connectivity index (χ1) is 9.65. The first-order valence-electron chi connectivity index (χ1n) is 7.01. The lowest BCUT2D eigenvalue weighted by atomic mass is 10.3. The second-order valence-corrected chi connectivity index (χ2v) is 5.53. The summed E-state index contributed by atoms with van der Waals surface area (Å²) in [6, 6.07) is 7.87. The van der Waals surface area contributed by atoms with Gasteiger partial charge in [-0.2, -0.15) is 0 Å². The highest BCUT2D eigenvalue weighted by atomic mass is 35.5. The van der Waals surface area contributed by atoms with E-state index in [2.05, 4.69) is 5.32 Å². The van der Waals surface area contributed by atoms with Crippen LogP contribution >= 0.6 is 11.6 Å². The van der Waals surface area contributed by atoms with Crippen molar-refractivity contribution in [3.05, 3.63) is 29.3 Å². The molecule has 2 rings (SSSR count). The standard InChI is InChI=1S/C15H21ClN2O2/c1-18(15(19)8-9-17-13-4-5-13)10-11-20-14-6-2-12(16)3-7-14/h2-3,6-7,13,17H,4-5,8-11H2,1H3. The minimum atomic E-state index is 0.151. The lowest BCUT2D eigenvalue weighted by molar-refractivity contribution is -0.130. The highest BCUT2D eigenvalue weighted by molar-refractivity contribution is 6.30. The normalized spacial score (nSPS) is 14.1. The van der Waals surface area contributed by atoms with Crippen molar-refractivity contribution in [3.8, 4) is 5.75 Å². The molecule has 20 heavy (non-hydrogen) atoms. The van der Waals surface area contributed by atoms with Gasteiger partial charge in [0, 0.05) is 31.1 Å². The Labute approximate surface area is 125 Å². The molecule has 1 aliphatic carbocycles. The van der Waals surface area contributed by atoms with Crippen LogP contribution in [-0.4, -0.2) is 43.6 Å². The molecule has 0 heterocycles. The summed E-state index contributed by atoms with van der Waals surface area (Å²) in [5.74, 6) is 0.920. The van der Waals surface area contributed by atoms with Crippen molar-refractivity contribution in [3.63, 3.8) is 0 Å². The molecule has 1 saturated carbocycles. The van der Waals surface area contributed by atoms with Crippen LogP contribution in [0.3, 0.4) is 0 Å². The molecule has 1 aromatic carbocycles. The molecule has 1 N–H and O–H groups in total. The third kappa shape index (κ3) is 5.39. The summed E-state index contributed by atoms with van der Waals surface area (Å²) in [4.78, 5) is 13.6. The van der Waals surface area contributed by atoms with E-state index in [0.717, 1.165) is 12.3 Å². The predicted molar refractivity (Wildman–Crippen MR) is 80.2 cm³/mol. The number of halogens is 1. The van der Waals surface area contributed by atoms with Crippen LogP contribution < -0.4 is 10.1 Å². The number of hydrogen-bond acceptors (Lipinski definition) is 3. The van der Waals surface area contributed by atoms with Crippen LogP contribution in [0.15, 0.2) is 24.3 Å². The number of rotatable bonds is 8. The average molecular weight is 297 g/mol. The SMILES string of the molecule is CN(CCOc1ccc(Cl)cc1)C(=O)CCNC1CC1. The fourth-order valence-corrected chi connectivity index (χ4v) is 1.94. The molecule has 110 valence electrons. The van der Waals surface area contributed by atoms with Gasteiger partial charge in [0.1, 0.15) is 12.4 Å². The zero-order valence-corrected chi connectivity index (χ0v) is 12.5. The Morgan fingerprint density at radius 2 is 2.10 bits per heavy atom. The summed E-state index contributed by atoms with van der Waals surface area (Å²) in [7, 11) is 1.81. The Kier molecular flexibility index (Phi) is 5.68. The maximum Gasteiger partial charge on any atom is 0.223 e. The first kappa shape index (κ1) is 15.1. The summed E-state index contributed by atoms with van der Waals surface area (Å²) in [6.07, 6.45) is 3.05. The molecule has 0 unspecified atom stereocenters. The minimum absolute atomic E-state index is 0.151. The van der Waals surface area contributed by atoms with Gasteiger partial charge in [-0.1, -0.05) is 11.6 Å². The largest absolute Gasteiger partial charge is 0.492 e. The van der Waals surface area contributed by atoms with E-state index in [1.807, 2.05) is 19.2 Å². The van der Waals surface area contributed by atoms with Gasteiger partial charge in [-0.05, 0) is 37.1 Å². The van der Waals surface area contributed by atoms with Crippen molar-refractivity contribution in [2.45, 2.75) is 25.3 Å². The van der Waals surface area contributed by atoms with Crippen LogP contribution in [0.4, 0.5) is 0 Å². The van der Waals surface area contributed by atoms with Crippen LogP contribution in [0, 0.1) is 0 Å². The van der Waals surface area contributed by atoms with Crippen LogP contribution in [0.5, 0.6) is 5.75 Å². The number of ether oxygens (including phenoxy) is 1. The highest BCUT2D eigenvalue weighted by Crippen LogP contribution is 2.18. The molecule has 5 heteroatoms. The van der Waals surface area contributed by atoms with E-state index in [0.29, 0.717) is 30.6 Å². The molecular weight excluding hydrogens is 276 g/mol. The highest BCUT2D eigenvalue weighted by Gasteiger charge is 2.20. The van der Waals surface area contributed by atoms with Crippen LogP contribution in [0.25, 0.3) is 0 Å². The zero-order valence-electron chi connectivity index (χ0n) is 11.8. The maximum atomic E-state index is 11.8. The molecule has 0 bridgehead atoms. The molecule has 0 saturated heterocycles. The molecule has 1 aromatic rings. The van der Waals surface area contributed by atoms with Crippen molar-refractivity contribution in [2.24, 2.45) is 0 Å². The summed E-state index contributed by atoms with van der Waals surface area (Å²) in [5.41, 5.74) is 0. The smallest absolute Gasteiger partial charge is 0.223 e. The van der Waals surface area contributed by atoms with Gasteiger partial charge in [-0.25, -0.2) is 0 Å². The maximum absolute atomic E-state index is 11.8. The molecule has 1 aliphatic rings. The van der Waals surface area contributed by atoms with Gasteiger partial charge >= 0.3 is 0 Å². The quantitative estimate of drug-likeness (QED) is 0.800. The van der Waals surface area contributed by atoms with Gasteiger partial charge in [0.15, 0.2) is 0 Å². The number of carbonyl (C=O) groups is 1.